The van der Waals surface area contributed by atoms with Gasteiger partial charge in [-0.2, -0.15) is 0 Å². The van der Waals surface area contributed by atoms with E-state index in [0.717, 1.165) is 45.3 Å². The van der Waals surface area contributed by atoms with Gasteiger partial charge in [0.05, 0.1) is 5.60 Å². The van der Waals surface area contributed by atoms with Gasteiger partial charge in [-0.3, -0.25) is 0 Å². The van der Waals surface area contributed by atoms with Crippen LogP contribution in [0.3, 0.4) is 0 Å². The van der Waals surface area contributed by atoms with Crippen LogP contribution in [0.1, 0.15) is 59.8 Å². The SMILES string of the molecule is CCC1(C)CC(NCC(C)(C)CCCO)CCO1. The summed E-state index contributed by atoms with van der Waals surface area (Å²) in [5.74, 6) is 0. The average Bonchev–Trinajstić information content (AvgIpc) is 2.34. The van der Waals surface area contributed by atoms with E-state index in [1.807, 2.05) is 0 Å². The fourth-order valence-electron chi connectivity index (χ4n) is 2.62. The van der Waals surface area contributed by atoms with Crippen molar-refractivity contribution in [1.29, 1.82) is 0 Å². The van der Waals surface area contributed by atoms with Crippen molar-refractivity contribution in [2.45, 2.75) is 71.4 Å². The predicted molar refractivity (Wildman–Crippen MR) is 75.8 cm³/mol. The van der Waals surface area contributed by atoms with Crippen molar-refractivity contribution in [3.05, 3.63) is 0 Å². The smallest absolute Gasteiger partial charge is 0.0666 e. The van der Waals surface area contributed by atoms with Crippen molar-refractivity contribution in [2.75, 3.05) is 19.8 Å². The summed E-state index contributed by atoms with van der Waals surface area (Å²) in [5.41, 5.74) is 0.328. The Morgan fingerprint density at radius 2 is 2.17 bits per heavy atom. The molecule has 1 saturated heterocycles. The first-order chi connectivity index (χ1) is 8.41. The molecular formula is C15H31NO2. The molecule has 1 rings (SSSR count). The Kier molecular flexibility index (Phi) is 6.09. The summed E-state index contributed by atoms with van der Waals surface area (Å²) < 4.78 is 5.87. The molecule has 0 bridgehead atoms. The van der Waals surface area contributed by atoms with Crippen LogP contribution in [-0.2, 0) is 4.74 Å². The molecule has 0 aromatic rings. The number of hydrogen-bond donors (Lipinski definition) is 2. The summed E-state index contributed by atoms with van der Waals surface area (Å²) in [6, 6.07) is 0.581. The monoisotopic (exact) mass is 257 g/mol. The topological polar surface area (TPSA) is 41.5 Å². The van der Waals surface area contributed by atoms with Gasteiger partial charge in [0.25, 0.3) is 0 Å². The molecule has 0 amide bonds. The van der Waals surface area contributed by atoms with Gasteiger partial charge in [0.15, 0.2) is 0 Å². The molecule has 108 valence electrons. The van der Waals surface area contributed by atoms with E-state index in [1.54, 1.807) is 0 Å². The molecule has 0 aromatic carbocycles. The Hall–Kier alpha value is -0.120. The second-order valence-corrected chi connectivity index (χ2v) is 6.71. The molecule has 0 aromatic heterocycles. The maximum absolute atomic E-state index is 8.91. The van der Waals surface area contributed by atoms with Gasteiger partial charge >= 0.3 is 0 Å². The summed E-state index contributed by atoms with van der Waals surface area (Å²) in [4.78, 5) is 0. The van der Waals surface area contributed by atoms with Gasteiger partial charge in [-0.1, -0.05) is 20.8 Å². The maximum atomic E-state index is 8.91. The van der Waals surface area contributed by atoms with Crippen molar-refractivity contribution >= 4 is 0 Å². The Morgan fingerprint density at radius 1 is 1.44 bits per heavy atom. The fourth-order valence-corrected chi connectivity index (χ4v) is 2.62. The molecule has 0 radical (unpaired) electrons. The van der Waals surface area contributed by atoms with E-state index >= 15 is 0 Å². The number of nitrogens with one attached hydrogen (secondary N) is 1. The molecule has 1 heterocycles. The second kappa shape index (κ2) is 6.88. The quantitative estimate of drug-likeness (QED) is 0.737. The van der Waals surface area contributed by atoms with E-state index in [9.17, 15) is 0 Å². The first-order valence-corrected chi connectivity index (χ1v) is 7.39. The first kappa shape index (κ1) is 15.9. The van der Waals surface area contributed by atoms with Crippen LogP contribution in [0.15, 0.2) is 0 Å². The van der Waals surface area contributed by atoms with Crippen LogP contribution in [0.2, 0.25) is 0 Å². The number of ether oxygens (including phenoxy) is 1. The van der Waals surface area contributed by atoms with E-state index in [-0.39, 0.29) is 11.0 Å². The van der Waals surface area contributed by atoms with E-state index in [2.05, 4.69) is 33.0 Å². The van der Waals surface area contributed by atoms with Crippen LogP contribution in [0.25, 0.3) is 0 Å². The van der Waals surface area contributed by atoms with Crippen molar-refractivity contribution < 1.29 is 9.84 Å². The number of hydrogen-bond acceptors (Lipinski definition) is 3. The fraction of sp³-hybridized carbons (Fsp3) is 1.00. The standard InChI is InChI=1S/C15H31NO2/c1-5-15(4)11-13(7-10-18-15)16-12-14(2,3)8-6-9-17/h13,16-17H,5-12H2,1-4H3. The molecule has 3 heteroatoms. The Morgan fingerprint density at radius 3 is 2.78 bits per heavy atom. The zero-order valence-corrected chi connectivity index (χ0v) is 12.6. The molecule has 2 unspecified atom stereocenters. The van der Waals surface area contributed by atoms with Gasteiger partial charge in [0, 0.05) is 25.8 Å². The molecule has 1 fully saturated rings. The third-order valence-corrected chi connectivity index (χ3v) is 4.22. The minimum absolute atomic E-state index is 0.0607. The molecule has 0 aliphatic carbocycles. The highest BCUT2D eigenvalue weighted by atomic mass is 16.5. The molecule has 1 aliphatic rings. The molecule has 1 aliphatic heterocycles. The highest BCUT2D eigenvalue weighted by molar-refractivity contribution is 4.86. The zero-order chi connectivity index (χ0) is 13.6. The maximum Gasteiger partial charge on any atom is 0.0666 e. The van der Waals surface area contributed by atoms with Gasteiger partial charge < -0.3 is 15.2 Å². The lowest BCUT2D eigenvalue weighted by molar-refractivity contribution is -0.0787. The lowest BCUT2D eigenvalue weighted by Gasteiger charge is -2.39. The highest BCUT2D eigenvalue weighted by Crippen LogP contribution is 2.28. The lowest BCUT2D eigenvalue weighted by Crippen LogP contribution is -2.47. The molecule has 0 spiro atoms. The van der Waals surface area contributed by atoms with Gasteiger partial charge in [-0.15, -0.1) is 0 Å². The minimum Gasteiger partial charge on any atom is -0.396 e. The molecule has 3 nitrogen and oxygen atoms in total. The Labute approximate surface area is 112 Å². The predicted octanol–water partition coefficient (Wildman–Crippen LogP) is 2.72. The Balaban J connectivity index is 2.34. The van der Waals surface area contributed by atoms with E-state index < -0.39 is 0 Å². The summed E-state index contributed by atoms with van der Waals surface area (Å²) in [6.07, 6.45) is 5.28. The zero-order valence-electron chi connectivity index (χ0n) is 12.6. The summed E-state index contributed by atoms with van der Waals surface area (Å²) >= 11 is 0. The number of aliphatic hydroxyl groups is 1. The summed E-state index contributed by atoms with van der Waals surface area (Å²) in [6.45, 7) is 11.2. The van der Waals surface area contributed by atoms with Crippen LogP contribution < -0.4 is 5.32 Å². The third kappa shape index (κ3) is 5.25. The summed E-state index contributed by atoms with van der Waals surface area (Å²) in [5, 5.41) is 12.6. The normalized spacial score (nSPS) is 29.5. The van der Waals surface area contributed by atoms with Crippen molar-refractivity contribution in [3.8, 4) is 0 Å². The average molecular weight is 257 g/mol. The van der Waals surface area contributed by atoms with Crippen molar-refractivity contribution in [1.82, 2.24) is 5.32 Å². The van der Waals surface area contributed by atoms with Crippen LogP contribution in [0.4, 0.5) is 0 Å². The largest absolute Gasteiger partial charge is 0.396 e. The van der Waals surface area contributed by atoms with Gasteiger partial charge in [-0.05, 0) is 44.4 Å². The van der Waals surface area contributed by atoms with Gasteiger partial charge in [0.1, 0.15) is 0 Å². The molecule has 2 atom stereocenters. The third-order valence-electron chi connectivity index (χ3n) is 4.22. The number of aliphatic hydroxyl groups excluding tert-OH is 1. The highest BCUT2D eigenvalue weighted by Gasteiger charge is 2.32. The second-order valence-electron chi connectivity index (χ2n) is 6.71. The van der Waals surface area contributed by atoms with E-state index in [1.165, 1.54) is 0 Å². The minimum atomic E-state index is 0.0607. The van der Waals surface area contributed by atoms with E-state index in [4.69, 9.17) is 9.84 Å². The van der Waals surface area contributed by atoms with Crippen molar-refractivity contribution in [2.24, 2.45) is 5.41 Å². The van der Waals surface area contributed by atoms with Crippen LogP contribution in [-0.4, -0.2) is 36.5 Å². The van der Waals surface area contributed by atoms with Gasteiger partial charge in [0.2, 0.25) is 0 Å². The number of rotatable bonds is 7. The Bertz CT molecular complexity index is 243. The van der Waals surface area contributed by atoms with Crippen LogP contribution in [0, 0.1) is 5.41 Å². The first-order valence-electron chi connectivity index (χ1n) is 7.39. The lowest BCUT2D eigenvalue weighted by atomic mass is 9.86. The molecule has 0 saturated carbocycles. The van der Waals surface area contributed by atoms with Gasteiger partial charge in [-0.25, -0.2) is 0 Å². The molecule has 2 N–H and O–H groups in total. The molecule has 18 heavy (non-hydrogen) atoms. The summed E-state index contributed by atoms with van der Waals surface area (Å²) in [7, 11) is 0. The van der Waals surface area contributed by atoms with Crippen molar-refractivity contribution in [3.63, 3.8) is 0 Å². The van der Waals surface area contributed by atoms with Crippen LogP contribution >= 0.6 is 0 Å². The van der Waals surface area contributed by atoms with Crippen LogP contribution in [0.5, 0.6) is 0 Å². The molecular weight excluding hydrogens is 226 g/mol. The van der Waals surface area contributed by atoms with E-state index in [0.29, 0.717) is 12.6 Å².